The Morgan fingerprint density at radius 3 is 2.45 bits per heavy atom. The van der Waals surface area contributed by atoms with Crippen molar-refractivity contribution in [3.63, 3.8) is 0 Å². The molecule has 0 spiro atoms. The average molecular weight is 445 g/mol. The largest absolute Gasteiger partial charge is 0.348 e. The number of rotatable bonds is 7. The zero-order valence-electron chi connectivity index (χ0n) is 18.2. The summed E-state index contributed by atoms with van der Waals surface area (Å²) in [6.07, 6.45) is 7.75. The van der Waals surface area contributed by atoms with Gasteiger partial charge in [0.2, 0.25) is 10.0 Å². The number of sulfonamides is 1. The molecular weight excluding hydrogens is 412 g/mol. The van der Waals surface area contributed by atoms with Crippen molar-refractivity contribution in [3.05, 3.63) is 53.3 Å². The number of carbonyl (C=O) groups excluding carboxylic acids is 1. The molecule has 1 saturated heterocycles. The Hall–Kier alpha value is -2.19. The van der Waals surface area contributed by atoms with Gasteiger partial charge in [0.25, 0.3) is 5.91 Å². The Labute approximate surface area is 184 Å². The highest BCUT2D eigenvalue weighted by Crippen LogP contribution is 2.31. The van der Waals surface area contributed by atoms with Crippen LogP contribution in [0.3, 0.4) is 0 Å². The molecular formula is C23H32N4O3S. The molecule has 168 valence electrons. The molecule has 1 aliphatic heterocycles. The summed E-state index contributed by atoms with van der Waals surface area (Å²) in [4.78, 5) is 12.8. The van der Waals surface area contributed by atoms with Crippen LogP contribution in [-0.4, -0.2) is 46.8 Å². The maximum absolute atomic E-state index is 12.8. The Kier molecular flexibility index (Phi) is 6.77. The summed E-state index contributed by atoms with van der Waals surface area (Å²) in [6, 6.07) is 9.83. The minimum Gasteiger partial charge on any atom is -0.348 e. The molecule has 2 heterocycles. The molecule has 0 unspecified atom stereocenters. The molecule has 31 heavy (non-hydrogen) atoms. The van der Waals surface area contributed by atoms with Crippen molar-refractivity contribution >= 4 is 15.9 Å². The van der Waals surface area contributed by atoms with Crippen molar-refractivity contribution in [2.45, 2.75) is 56.7 Å². The second-order valence-electron chi connectivity index (χ2n) is 8.83. The van der Waals surface area contributed by atoms with Crippen LogP contribution in [0, 0.1) is 5.92 Å². The van der Waals surface area contributed by atoms with Gasteiger partial charge in [-0.25, -0.2) is 12.7 Å². The molecule has 7 nitrogen and oxygen atoms in total. The molecule has 0 bridgehead atoms. The Bertz CT molecular complexity index is 989. The first-order chi connectivity index (χ1) is 14.9. The van der Waals surface area contributed by atoms with E-state index in [0.29, 0.717) is 37.5 Å². The number of hydrogen-bond donors (Lipinski definition) is 1. The predicted octanol–water partition coefficient (Wildman–Crippen LogP) is 2.88. The Morgan fingerprint density at radius 2 is 1.77 bits per heavy atom. The minimum atomic E-state index is -3.16. The number of aromatic nitrogens is 2. The first kappa shape index (κ1) is 22.0. The lowest BCUT2D eigenvalue weighted by molar-refractivity contribution is 0.0949. The Morgan fingerprint density at radius 1 is 1.10 bits per heavy atom. The van der Waals surface area contributed by atoms with Crippen LogP contribution in [0.1, 0.15) is 60.1 Å². The smallest absolute Gasteiger partial charge is 0.255 e. The maximum atomic E-state index is 12.8. The molecule has 2 fully saturated rings. The van der Waals surface area contributed by atoms with Crippen LogP contribution in [0.4, 0.5) is 0 Å². The van der Waals surface area contributed by atoms with E-state index in [1.165, 1.54) is 0 Å². The van der Waals surface area contributed by atoms with Gasteiger partial charge < -0.3 is 5.32 Å². The zero-order valence-corrected chi connectivity index (χ0v) is 19.0. The molecule has 1 N–H and O–H groups in total. The van der Waals surface area contributed by atoms with E-state index in [1.54, 1.807) is 15.2 Å². The lowest BCUT2D eigenvalue weighted by Crippen LogP contribution is -2.43. The van der Waals surface area contributed by atoms with Gasteiger partial charge >= 0.3 is 0 Å². The van der Waals surface area contributed by atoms with Crippen molar-refractivity contribution < 1.29 is 13.2 Å². The highest BCUT2D eigenvalue weighted by molar-refractivity contribution is 7.89. The summed E-state index contributed by atoms with van der Waals surface area (Å²) in [5.41, 5.74) is 2.46. The number of benzene rings is 1. The molecule has 0 radical (unpaired) electrons. The third kappa shape index (κ3) is 5.18. The number of nitrogens with zero attached hydrogens (tertiary/aromatic N) is 3. The second kappa shape index (κ2) is 9.53. The van der Waals surface area contributed by atoms with Crippen LogP contribution >= 0.6 is 0 Å². The topological polar surface area (TPSA) is 84.3 Å². The highest BCUT2D eigenvalue weighted by Gasteiger charge is 2.36. The van der Waals surface area contributed by atoms with Crippen molar-refractivity contribution in [3.8, 4) is 0 Å². The number of carbonyl (C=O) groups is 1. The van der Waals surface area contributed by atoms with Crippen LogP contribution in [0.25, 0.3) is 0 Å². The van der Waals surface area contributed by atoms with Crippen molar-refractivity contribution in [2.24, 2.45) is 13.0 Å². The monoisotopic (exact) mass is 444 g/mol. The van der Waals surface area contributed by atoms with Crippen molar-refractivity contribution in [2.75, 3.05) is 13.1 Å². The van der Waals surface area contributed by atoms with Gasteiger partial charge in [0.05, 0.1) is 16.5 Å². The van der Waals surface area contributed by atoms with E-state index in [2.05, 4.69) is 10.4 Å². The van der Waals surface area contributed by atoms with Crippen LogP contribution < -0.4 is 5.32 Å². The molecule has 1 aliphatic carbocycles. The van der Waals surface area contributed by atoms with Gasteiger partial charge in [-0.1, -0.05) is 43.2 Å². The second-order valence-corrected chi connectivity index (χ2v) is 11.0. The first-order valence-corrected chi connectivity index (χ1v) is 12.8. The van der Waals surface area contributed by atoms with Gasteiger partial charge in [0.15, 0.2) is 0 Å². The third-order valence-corrected chi connectivity index (χ3v) is 8.98. The zero-order chi connectivity index (χ0) is 21.8. The van der Waals surface area contributed by atoms with E-state index in [4.69, 9.17) is 0 Å². The van der Waals surface area contributed by atoms with E-state index >= 15 is 0 Å². The molecule has 2 aliphatic rings. The molecule has 0 atom stereocenters. The fourth-order valence-electron chi connectivity index (χ4n) is 4.79. The molecule has 1 aromatic carbocycles. The summed E-state index contributed by atoms with van der Waals surface area (Å²) >= 11 is 0. The predicted molar refractivity (Wildman–Crippen MR) is 120 cm³/mol. The number of hydrogen-bond acceptors (Lipinski definition) is 4. The van der Waals surface area contributed by atoms with Gasteiger partial charge in [0.1, 0.15) is 0 Å². The number of aryl methyl sites for hydroxylation is 1. The fourth-order valence-corrected chi connectivity index (χ4v) is 6.86. The number of amides is 1. The summed E-state index contributed by atoms with van der Waals surface area (Å²) in [5.74, 6) is 0.221. The normalized spacial score (nSPS) is 19.0. The van der Waals surface area contributed by atoms with Crippen molar-refractivity contribution in [1.29, 1.82) is 0 Å². The lowest BCUT2D eigenvalue weighted by Gasteiger charge is -2.32. The molecule has 2 aromatic rings. The van der Waals surface area contributed by atoms with Gasteiger partial charge in [-0.15, -0.1) is 0 Å². The number of piperidine rings is 1. The van der Waals surface area contributed by atoms with Crippen LogP contribution in [0.15, 0.2) is 36.5 Å². The van der Waals surface area contributed by atoms with Gasteiger partial charge in [-0.3, -0.25) is 9.48 Å². The van der Waals surface area contributed by atoms with E-state index in [0.717, 1.165) is 49.8 Å². The van der Waals surface area contributed by atoms with Crippen LogP contribution in [-0.2, 0) is 30.0 Å². The van der Waals surface area contributed by atoms with E-state index in [9.17, 15) is 13.2 Å². The Balaban J connectivity index is 1.34. The quantitative estimate of drug-likeness (QED) is 0.712. The number of nitrogens with one attached hydrogen (secondary N) is 1. The minimum absolute atomic E-state index is 0.117. The van der Waals surface area contributed by atoms with Crippen molar-refractivity contribution in [1.82, 2.24) is 19.4 Å². The summed E-state index contributed by atoms with van der Waals surface area (Å²) in [5, 5.41) is 7.34. The van der Waals surface area contributed by atoms with Gasteiger partial charge in [0, 0.05) is 32.9 Å². The van der Waals surface area contributed by atoms with E-state index < -0.39 is 10.0 Å². The third-order valence-electron chi connectivity index (χ3n) is 6.58. The molecule has 4 rings (SSSR count). The average Bonchev–Trinajstić information content (AvgIpc) is 3.44. The maximum Gasteiger partial charge on any atom is 0.255 e. The van der Waals surface area contributed by atoms with Gasteiger partial charge in [-0.2, -0.15) is 5.10 Å². The summed E-state index contributed by atoms with van der Waals surface area (Å²) in [7, 11) is -1.33. The van der Waals surface area contributed by atoms with Crippen LogP contribution in [0.2, 0.25) is 0 Å². The SMILES string of the molecule is Cn1cc(C(=O)NCc2ccccc2)c(CC2CCN(S(=O)(=O)C3CCCC3)CC2)n1. The first-order valence-electron chi connectivity index (χ1n) is 11.3. The molecule has 1 aromatic heterocycles. The summed E-state index contributed by atoms with van der Waals surface area (Å²) < 4.78 is 29.1. The van der Waals surface area contributed by atoms with E-state index in [1.807, 2.05) is 37.4 Å². The molecule has 1 saturated carbocycles. The molecule has 1 amide bonds. The van der Waals surface area contributed by atoms with E-state index in [-0.39, 0.29) is 11.2 Å². The van der Waals surface area contributed by atoms with Gasteiger partial charge in [-0.05, 0) is 43.6 Å². The fraction of sp³-hybridized carbons (Fsp3) is 0.565. The van der Waals surface area contributed by atoms with Crippen LogP contribution in [0.5, 0.6) is 0 Å². The standard InChI is InChI=1S/C23H32N4O3S/c1-26-17-21(23(28)24-16-19-7-3-2-4-8-19)22(25-26)15-18-11-13-27(14-12-18)31(29,30)20-9-5-6-10-20/h2-4,7-8,17-18,20H,5-6,9-16H2,1H3,(H,24,28). The highest BCUT2D eigenvalue weighted by atomic mass is 32.2. The lowest BCUT2D eigenvalue weighted by atomic mass is 9.92. The summed E-state index contributed by atoms with van der Waals surface area (Å²) in [6.45, 7) is 1.63. The molecule has 8 heteroatoms.